The summed E-state index contributed by atoms with van der Waals surface area (Å²) in [7, 11) is 0. The topological polar surface area (TPSA) is 42.4 Å². The zero-order valence-electron chi connectivity index (χ0n) is 11.3. The summed E-state index contributed by atoms with van der Waals surface area (Å²) in [5.41, 5.74) is 1.88. The predicted octanol–water partition coefficient (Wildman–Crippen LogP) is 2.88. The summed E-state index contributed by atoms with van der Waals surface area (Å²) in [6.07, 6.45) is 1.49. The fourth-order valence-corrected chi connectivity index (χ4v) is 2.81. The number of hydrogen-bond donors (Lipinski definition) is 0. The fraction of sp³-hybridized carbons (Fsp3) is 0.333. The number of amides is 1. The van der Waals surface area contributed by atoms with Gasteiger partial charge in [0.15, 0.2) is 12.0 Å². The molecule has 98 valence electrons. The van der Waals surface area contributed by atoms with Crippen molar-refractivity contribution in [1.29, 1.82) is 0 Å². The van der Waals surface area contributed by atoms with Crippen LogP contribution in [0.3, 0.4) is 0 Å². The SMILES string of the molecule is CC(=O)N1[C@@H](C)Oc2c(ccc3cccnc23)[C@@H]1C. The second-order valence-corrected chi connectivity index (χ2v) is 4.88. The summed E-state index contributed by atoms with van der Waals surface area (Å²) in [6, 6.07) is 7.97. The lowest BCUT2D eigenvalue weighted by Crippen LogP contribution is -2.45. The lowest BCUT2D eigenvalue weighted by Gasteiger charge is -2.39. The Balaban J connectivity index is 2.21. The minimum atomic E-state index is -0.271. The van der Waals surface area contributed by atoms with E-state index >= 15 is 0 Å². The summed E-state index contributed by atoms with van der Waals surface area (Å²) in [5, 5.41) is 1.05. The van der Waals surface area contributed by atoms with Crippen LogP contribution in [0.5, 0.6) is 5.75 Å². The number of carbonyl (C=O) groups is 1. The molecule has 0 saturated heterocycles. The van der Waals surface area contributed by atoms with E-state index in [-0.39, 0.29) is 18.2 Å². The third-order valence-electron chi connectivity index (χ3n) is 3.67. The molecular weight excluding hydrogens is 240 g/mol. The zero-order chi connectivity index (χ0) is 13.6. The standard InChI is InChI=1S/C15H16N2O2/c1-9-13-7-6-12-5-4-8-16-14(12)15(13)19-11(3)17(9)10(2)18/h4-9,11H,1-3H3/t9-,11+/m0/s1. The van der Waals surface area contributed by atoms with Crippen LogP contribution in [-0.4, -0.2) is 22.0 Å². The highest BCUT2D eigenvalue weighted by Gasteiger charge is 2.33. The van der Waals surface area contributed by atoms with Gasteiger partial charge in [-0.05, 0) is 19.9 Å². The Morgan fingerprint density at radius 1 is 1.32 bits per heavy atom. The normalized spacial score (nSPS) is 21.9. The summed E-state index contributed by atoms with van der Waals surface area (Å²) in [5.74, 6) is 0.822. The van der Waals surface area contributed by atoms with Crippen molar-refractivity contribution in [1.82, 2.24) is 9.88 Å². The molecule has 0 radical (unpaired) electrons. The summed E-state index contributed by atoms with van der Waals surface area (Å²) < 4.78 is 5.93. The summed E-state index contributed by atoms with van der Waals surface area (Å²) in [6.45, 7) is 5.48. The fourth-order valence-electron chi connectivity index (χ4n) is 2.81. The van der Waals surface area contributed by atoms with E-state index in [0.717, 1.165) is 22.2 Å². The number of benzene rings is 1. The van der Waals surface area contributed by atoms with Crippen molar-refractivity contribution >= 4 is 16.8 Å². The molecule has 2 heterocycles. The maximum absolute atomic E-state index is 11.7. The molecule has 3 rings (SSSR count). The van der Waals surface area contributed by atoms with E-state index < -0.39 is 0 Å². The molecule has 0 saturated carbocycles. The molecule has 4 nitrogen and oxygen atoms in total. The minimum absolute atomic E-state index is 0.00246. The largest absolute Gasteiger partial charge is 0.468 e. The van der Waals surface area contributed by atoms with E-state index in [1.807, 2.05) is 38.1 Å². The predicted molar refractivity (Wildman–Crippen MR) is 72.8 cm³/mol. The Kier molecular flexibility index (Phi) is 2.66. The van der Waals surface area contributed by atoms with Gasteiger partial charge in [-0.2, -0.15) is 0 Å². The Morgan fingerprint density at radius 3 is 2.84 bits per heavy atom. The molecule has 0 unspecified atom stereocenters. The molecular formula is C15H16N2O2. The van der Waals surface area contributed by atoms with Crippen molar-refractivity contribution in [2.24, 2.45) is 0 Å². The molecule has 1 amide bonds. The Hall–Kier alpha value is -2.10. The van der Waals surface area contributed by atoms with Gasteiger partial charge < -0.3 is 9.64 Å². The molecule has 1 aromatic heterocycles. The van der Waals surface area contributed by atoms with E-state index in [4.69, 9.17) is 4.74 Å². The van der Waals surface area contributed by atoms with Crippen molar-refractivity contribution in [3.8, 4) is 5.75 Å². The average Bonchev–Trinajstić information content (AvgIpc) is 2.38. The Morgan fingerprint density at radius 2 is 2.11 bits per heavy atom. The molecule has 0 bridgehead atoms. The van der Waals surface area contributed by atoms with Gasteiger partial charge in [-0.3, -0.25) is 9.78 Å². The monoisotopic (exact) mass is 256 g/mol. The molecule has 1 aliphatic rings. The number of fused-ring (bicyclic) bond motifs is 3. The van der Waals surface area contributed by atoms with Crippen LogP contribution in [-0.2, 0) is 4.79 Å². The zero-order valence-corrected chi connectivity index (χ0v) is 11.3. The first-order valence-corrected chi connectivity index (χ1v) is 6.43. The second-order valence-electron chi connectivity index (χ2n) is 4.88. The number of ether oxygens (including phenoxy) is 1. The van der Waals surface area contributed by atoms with Gasteiger partial charge in [0.1, 0.15) is 5.52 Å². The van der Waals surface area contributed by atoms with Gasteiger partial charge in [0.05, 0.1) is 6.04 Å². The molecule has 19 heavy (non-hydrogen) atoms. The third kappa shape index (κ3) is 1.75. The van der Waals surface area contributed by atoms with Crippen LogP contribution < -0.4 is 4.74 Å². The van der Waals surface area contributed by atoms with Crippen LogP contribution in [0.15, 0.2) is 30.5 Å². The van der Waals surface area contributed by atoms with Crippen LogP contribution >= 0.6 is 0 Å². The van der Waals surface area contributed by atoms with Crippen LogP contribution in [0.2, 0.25) is 0 Å². The van der Waals surface area contributed by atoms with Gasteiger partial charge >= 0.3 is 0 Å². The number of rotatable bonds is 0. The summed E-state index contributed by atoms with van der Waals surface area (Å²) in [4.78, 5) is 17.9. The lowest BCUT2D eigenvalue weighted by molar-refractivity contribution is -0.141. The van der Waals surface area contributed by atoms with Crippen molar-refractivity contribution < 1.29 is 9.53 Å². The van der Waals surface area contributed by atoms with Gasteiger partial charge in [0.25, 0.3) is 0 Å². The van der Waals surface area contributed by atoms with Gasteiger partial charge in [0.2, 0.25) is 5.91 Å². The average molecular weight is 256 g/mol. The van der Waals surface area contributed by atoms with E-state index in [2.05, 4.69) is 4.98 Å². The van der Waals surface area contributed by atoms with E-state index in [1.165, 1.54) is 0 Å². The van der Waals surface area contributed by atoms with E-state index in [0.29, 0.717) is 0 Å². The molecule has 1 aliphatic heterocycles. The first-order valence-electron chi connectivity index (χ1n) is 6.43. The Labute approximate surface area is 112 Å². The Bertz CT molecular complexity index is 654. The van der Waals surface area contributed by atoms with Crippen molar-refractivity contribution in [3.05, 3.63) is 36.0 Å². The number of hydrogen-bond acceptors (Lipinski definition) is 3. The van der Waals surface area contributed by atoms with Crippen molar-refractivity contribution in [2.45, 2.75) is 33.0 Å². The highest BCUT2D eigenvalue weighted by Crippen LogP contribution is 2.40. The molecule has 2 aromatic rings. The van der Waals surface area contributed by atoms with Crippen LogP contribution in [0.4, 0.5) is 0 Å². The third-order valence-corrected chi connectivity index (χ3v) is 3.67. The quantitative estimate of drug-likeness (QED) is 0.728. The van der Waals surface area contributed by atoms with Crippen LogP contribution in [0.25, 0.3) is 10.9 Å². The first-order chi connectivity index (χ1) is 9.09. The lowest BCUT2D eigenvalue weighted by atomic mass is 10.0. The van der Waals surface area contributed by atoms with Crippen molar-refractivity contribution in [3.63, 3.8) is 0 Å². The number of nitrogens with zero attached hydrogens (tertiary/aromatic N) is 2. The van der Waals surface area contributed by atoms with Gasteiger partial charge in [-0.15, -0.1) is 0 Å². The smallest absolute Gasteiger partial charge is 0.222 e. The van der Waals surface area contributed by atoms with Crippen molar-refractivity contribution in [2.75, 3.05) is 0 Å². The highest BCUT2D eigenvalue weighted by atomic mass is 16.5. The maximum atomic E-state index is 11.7. The molecule has 0 fully saturated rings. The van der Waals surface area contributed by atoms with Crippen LogP contribution in [0, 0.1) is 0 Å². The number of aromatic nitrogens is 1. The molecule has 0 aliphatic carbocycles. The van der Waals surface area contributed by atoms with Gasteiger partial charge in [0, 0.05) is 24.1 Å². The van der Waals surface area contributed by atoms with E-state index in [1.54, 1.807) is 18.0 Å². The highest BCUT2D eigenvalue weighted by molar-refractivity contribution is 5.86. The molecule has 2 atom stereocenters. The first kappa shape index (κ1) is 12.0. The molecule has 0 N–H and O–H groups in total. The maximum Gasteiger partial charge on any atom is 0.222 e. The number of pyridine rings is 1. The number of carbonyl (C=O) groups excluding carboxylic acids is 1. The summed E-state index contributed by atoms with van der Waals surface area (Å²) >= 11 is 0. The molecule has 1 aromatic carbocycles. The minimum Gasteiger partial charge on any atom is -0.468 e. The van der Waals surface area contributed by atoms with Crippen LogP contribution in [0.1, 0.15) is 32.4 Å². The second kappa shape index (κ2) is 4.23. The van der Waals surface area contributed by atoms with E-state index in [9.17, 15) is 4.79 Å². The molecule has 4 heteroatoms. The van der Waals surface area contributed by atoms with Gasteiger partial charge in [-0.25, -0.2) is 0 Å². The van der Waals surface area contributed by atoms with Gasteiger partial charge in [-0.1, -0.05) is 18.2 Å². The molecule has 0 spiro atoms.